The van der Waals surface area contributed by atoms with Crippen molar-refractivity contribution in [2.24, 2.45) is 0 Å². The first-order chi connectivity index (χ1) is 11.6. The number of aryl methyl sites for hydroxylation is 1. The molecule has 0 fully saturated rings. The summed E-state index contributed by atoms with van der Waals surface area (Å²) in [6.07, 6.45) is 3.89. The Balaban J connectivity index is 2.69. The Kier molecular flexibility index (Phi) is 10.3. The van der Waals surface area contributed by atoms with Crippen LogP contribution in [-0.4, -0.2) is 28.6 Å². The summed E-state index contributed by atoms with van der Waals surface area (Å²) < 4.78 is 44.8. The summed E-state index contributed by atoms with van der Waals surface area (Å²) in [6.45, 7) is 7.95. The van der Waals surface area contributed by atoms with E-state index in [1.54, 1.807) is 0 Å². The van der Waals surface area contributed by atoms with Gasteiger partial charge in [0.2, 0.25) is 0 Å². The van der Waals surface area contributed by atoms with E-state index in [0.29, 0.717) is 44.3 Å². The van der Waals surface area contributed by atoms with Gasteiger partial charge in [-0.25, -0.2) is 8.78 Å². The molecule has 0 atom stereocenters. The average molecular weight is 361 g/mol. The number of benzene rings is 1. The van der Waals surface area contributed by atoms with Crippen LogP contribution in [0.2, 0.25) is 6.04 Å². The average Bonchev–Trinajstić information content (AvgIpc) is 2.57. The van der Waals surface area contributed by atoms with E-state index in [2.05, 4.69) is 0 Å². The van der Waals surface area contributed by atoms with Crippen molar-refractivity contribution in [1.29, 1.82) is 0 Å². The molecule has 6 heteroatoms. The highest BCUT2D eigenvalue weighted by molar-refractivity contribution is 6.60. The molecule has 1 aromatic carbocycles. The number of halogens is 2. The molecule has 0 aliphatic rings. The third kappa shape index (κ3) is 7.38. The molecule has 0 aromatic heterocycles. The largest absolute Gasteiger partial charge is 0.500 e. The van der Waals surface area contributed by atoms with Crippen molar-refractivity contribution in [1.82, 2.24) is 0 Å². The van der Waals surface area contributed by atoms with Crippen LogP contribution in [-0.2, 0) is 19.7 Å². The minimum Gasteiger partial charge on any atom is -0.373 e. The highest BCUT2D eigenvalue weighted by atomic mass is 28.4. The van der Waals surface area contributed by atoms with Crippen LogP contribution in [0.4, 0.5) is 8.78 Å². The highest BCUT2D eigenvalue weighted by Gasteiger charge is 2.40. The van der Waals surface area contributed by atoms with Gasteiger partial charge >= 0.3 is 8.80 Å². The molecule has 0 aliphatic carbocycles. The smallest absolute Gasteiger partial charge is 0.373 e. The second kappa shape index (κ2) is 11.7. The lowest BCUT2D eigenvalue weighted by molar-refractivity contribution is 0.0588. The lowest BCUT2D eigenvalue weighted by Crippen LogP contribution is -2.46. The summed E-state index contributed by atoms with van der Waals surface area (Å²) in [5, 5.41) is 0. The SMILES string of the molecule is CCCO[Si](CCCc1ccc(F)cc1F)(OCCC)OCCC. The molecule has 0 N–H and O–H groups in total. The topological polar surface area (TPSA) is 27.7 Å². The number of hydrogen-bond acceptors (Lipinski definition) is 3. The van der Waals surface area contributed by atoms with E-state index in [4.69, 9.17) is 13.3 Å². The molecule has 24 heavy (non-hydrogen) atoms. The van der Waals surface area contributed by atoms with Crippen LogP contribution in [0.5, 0.6) is 0 Å². The molecule has 0 unspecified atom stereocenters. The molecule has 0 radical (unpaired) electrons. The molecule has 138 valence electrons. The molecule has 3 nitrogen and oxygen atoms in total. The van der Waals surface area contributed by atoms with Crippen molar-refractivity contribution in [2.75, 3.05) is 19.8 Å². The number of hydrogen-bond donors (Lipinski definition) is 0. The fourth-order valence-corrected chi connectivity index (χ4v) is 5.17. The van der Waals surface area contributed by atoms with Gasteiger partial charge in [-0.2, -0.15) is 0 Å². The van der Waals surface area contributed by atoms with Gasteiger partial charge in [0, 0.05) is 31.9 Å². The first-order valence-electron chi connectivity index (χ1n) is 8.92. The van der Waals surface area contributed by atoms with Gasteiger partial charge in [0.05, 0.1) is 0 Å². The molecule has 0 amide bonds. The van der Waals surface area contributed by atoms with Gasteiger partial charge in [0.15, 0.2) is 0 Å². The van der Waals surface area contributed by atoms with Crippen molar-refractivity contribution in [3.63, 3.8) is 0 Å². The summed E-state index contributed by atoms with van der Waals surface area (Å²) in [6, 6.07) is 4.36. The Labute approximate surface area is 145 Å². The molecule has 0 saturated carbocycles. The molecule has 0 saturated heterocycles. The Hall–Kier alpha value is -0.823. The van der Waals surface area contributed by atoms with Gasteiger partial charge in [0.1, 0.15) is 11.6 Å². The Morgan fingerprint density at radius 1 is 0.875 bits per heavy atom. The predicted octanol–water partition coefficient (Wildman–Crippen LogP) is 5.12. The van der Waals surface area contributed by atoms with Crippen molar-refractivity contribution >= 4 is 8.80 Å². The molecular formula is C18H30F2O3Si. The Bertz CT molecular complexity index is 450. The monoisotopic (exact) mass is 360 g/mol. The van der Waals surface area contributed by atoms with Gasteiger partial charge in [0.25, 0.3) is 0 Å². The third-order valence-corrected chi connectivity index (χ3v) is 6.42. The zero-order valence-electron chi connectivity index (χ0n) is 15.1. The molecule has 0 spiro atoms. The third-order valence-electron chi connectivity index (χ3n) is 3.52. The van der Waals surface area contributed by atoms with E-state index >= 15 is 0 Å². The Morgan fingerprint density at radius 2 is 1.42 bits per heavy atom. The summed E-state index contributed by atoms with van der Waals surface area (Å²) in [5.41, 5.74) is 0.515. The van der Waals surface area contributed by atoms with Gasteiger partial charge in [-0.15, -0.1) is 0 Å². The second-order valence-electron chi connectivity index (χ2n) is 5.82. The van der Waals surface area contributed by atoms with Gasteiger partial charge in [-0.1, -0.05) is 26.8 Å². The molecule has 1 aromatic rings. The minimum absolute atomic E-state index is 0.499. The van der Waals surface area contributed by atoms with Crippen molar-refractivity contribution in [2.45, 2.75) is 58.9 Å². The fourth-order valence-electron chi connectivity index (χ4n) is 2.33. The summed E-state index contributed by atoms with van der Waals surface area (Å²) in [5.74, 6) is -1.05. The van der Waals surface area contributed by atoms with Crippen LogP contribution in [0.3, 0.4) is 0 Å². The van der Waals surface area contributed by atoms with Crippen LogP contribution < -0.4 is 0 Å². The first-order valence-corrected chi connectivity index (χ1v) is 10.9. The highest BCUT2D eigenvalue weighted by Crippen LogP contribution is 2.22. The van der Waals surface area contributed by atoms with Crippen LogP contribution in [0.15, 0.2) is 18.2 Å². The molecule has 0 aliphatic heterocycles. The van der Waals surface area contributed by atoms with Gasteiger partial charge < -0.3 is 13.3 Å². The zero-order chi connectivity index (χ0) is 17.8. The maximum absolute atomic E-state index is 13.8. The van der Waals surface area contributed by atoms with Crippen LogP contribution in [0.1, 0.15) is 52.0 Å². The quantitative estimate of drug-likeness (QED) is 0.457. The van der Waals surface area contributed by atoms with E-state index in [1.165, 1.54) is 12.1 Å². The first kappa shape index (κ1) is 21.2. The summed E-state index contributed by atoms with van der Waals surface area (Å²) >= 11 is 0. The standard InChI is InChI=1S/C18H30F2O3Si/c1-4-11-21-24(22-12-5-2,23-13-6-3)14-7-8-16-9-10-17(19)15-18(16)20/h9-10,15H,4-8,11-14H2,1-3H3. The normalized spacial score (nSPS) is 11.9. The lowest BCUT2D eigenvalue weighted by atomic mass is 10.1. The lowest BCUT2D eigenvalue weighted by Gasteiger charge is -2.29. The van der Waals surface area contributed by atoms with E-state index < -0.39 is 20.4 Å². The maximum atomic E-state index is 13.8. The zero-order valence-corrected chi connectivity index (χ0v) is 16.1. The number of rotatable bonds is 13. The van der Waals surface area contributed by atoms with Crippen LogP contribution in [0, 0.1) is 11.6 Å². The van der Waals surface area contributed by atoms with E-state index in [1.807, 2.05) is 20.8 Å². The predicted molar refractivity (Wildman–Crippen MR) is 94.0 cm³/mol. The van der Waals surface area contributed by atoms with Crippen molar-refractivity contribution < 1.29 is 22.1 Å². The van der Waals surface area contributed by atoms with Crippen LogP contribution in [0.25, 0.3) is 0 Å². The second-order valence-corrected chi connectivity index (χ2v) is 8.55. The van der Waals surface area contributed by atoms with Crippen molar-refractivity contribution in [3.8, 4) is 0 Å². The van der Waals surface area contributed by atoms with Crippen molar-refractivity contribution in [3.05, 3.63) is 35.4 Å². The summed E-state index contributed by atoms with van der Waals surface area (Å²) in [7, 11) is -2.74. The molecule has 0 heterocycles. The van der Waals surface area contributed by atoms with E-state index in [9.17, 15) is 8.78 Å². The van der Waals surface area contributed by atoms with E-state index in [0.717, 1.165) is 25.3 Å². The minimum atomic E-state index is -2.74. The van der Waals surface area contributed by atoms with Gasteiger partial charge in [-0.3, -0.25) is 0 Å². The molecular weight excluding hydrogens is 330 g/mol. The van der Waals surface area contributed by atoms with Gasteiger partial charge in [-0.05, 0) is 43.7 Å². The Morgan fingerprint density at radius 3 is 1.88 bits per heavy atom. The summed E-state index contributed by atoms with van der Waals surface area (Å²) in [4.78, 5) is 0. The van der Waals surface area contributed by atoms with E-state index in [-0.39, 0.29) is 0 Å². The molecule has 1 rings (SSSR count). The van der Waals surface area contributed by atoms with Crippen LogP contribution >= 0.6 is 0 Å². The maximum Gasteiger partial charge on any atom is 0.500 e. The molecule has 0 bridgehead atoms. The fraction of sp³-hybridized carbons (Fsp3) is 0.667.